The largest absolute Gasteiger partial charge is 0.346 e. The van der Waals surface area contributed by atoms with Crippen LogP contribution in [0, 0.1) is 0 Å². The predicted octanol–water partition coefficient (Wildman–Crippen LogP) is -0.315. The van der Waals surface area contributed by atoms with Gasteiger partial charge in [-0.1, -0.05) is 0 Å². The lowest BCUT2D eigenvalue weighted by Crippen LogP contribution is -2.86. The first-order valence-electron chi connectivity index (χ1n) is 2.80. The highest BCUT2D eigenvalue weighted by Gasteiger charge is 2.14. The fourth-order valence-corrected chi connectivity index (χ4v) is 2.11. The monoisotopic (exact) mass is 118 g/mol. The van der Waals surface area contributed by atoms with Crippen molar-refractivity contribution >= 4 is 11.8 Å². The van der Waals surface area contributed by atoms with Crippen molar-refractivity contribution in [2.45, 2.75) is 12.5 Å². The highest BCUT2D eigenvalue weighted by molar-refractivity contribution is 7.99. The Bertz CT molecular complexity index is 50.0. The second-order valence-electron chi connectivity index (χ2n) is 1.96. The molecule has 1 saturated heterocycles. The smallest absolute Gasteiger partial charge is 0.0956 e. The number of nitrogens with two attached hydrogens (primary N) is 1. The van der Waals surface area contributed by atoms with Crippen LogP contribution in [0.1, 0.15) is 6.42 Å². The third-order valence-electron chi connectivity index (χ3n) is 1.44. The van der Waals surface area contributed by atoms with Crippen molar-refractivity contribution in [1.82, 2.24) is 0 Å². The molecule has 0 saturated carbocycles. The van der Waals surface area contributed by atoms with E-state index < -0.39 is 0 Å². The van der Waals surface area contributed by atoms with Gasteiger partial charge in [-0.2, -0.15) is 11.8 Å². The van der Waals surface area contributed by atoms with Crippen LogP contribution < -0.4 is 5.32 Å². The minimum absolute atomic E-state index is 0.935. The zero-order valence-electron chi connectivity index (χ0n) is 4.68. The van der Waals surface area contributed by atoms with Gasteiger partial charge in [0.25, 0.3) is 0 Å². The van der Waals surface area contributed by atoms with Crippen molar-refractivity contribution in [2.75, 3.05) is 18.6 Å². The van der Waals surface area contributed by atoms with Crippen molar-refractivity contribution in [1.29, 1.82) is 0 Å². The Morgan fingerprint density at radius 2 is 2.57 bits per heavy atom. The summed E-state index contributed by atoms with van der Waals surface area (Å²) < 4.78 is 0. The average molecular weight is 118 g/mol. The Morgan fingerprint density at radius 3 is 2.86 bits per heavy atom. The van der Waals surface area contributed by atoms with Gasteiger partial charge in [0.05, 0.1) is 13.1 Å². The van der Waals surface area contributed by atoms with E-state index in [0.29, 0.717) is 0 Å². The maximum Gasteiger partial charge on any atom is 0.0956 e. The standard InChI is InChI=1S/C5H11NS/c1-6-5-2-3-7-4-5/h5-6H,2-4H2,1H3/p+1. The molecule has 1 aliphatic heterocycles. The van der Waals surface area contributed by atoms with Crippen molar-refractivity contribution in [3.63, 3.8) is 0 Å². The fraction of sp³-hybridized carbons (Fsp3) is 1.00. The summed E-state index contributed by atoms with van der Waals surface area (Å²) in [6.07, 6.45) is 1.42. The molecule has 1 rings (SSSR count). The zero-order valence-corrected chi connectivity index (χ0v) is 5.50. The molecule has 42 valence electrons. The summed E-state index contributed by atoms with van der Waals surface area (Å²) >= 11 is 2.08. The summed E-state index contributed by atoms with van der Waals surface area (Å²) in [6.45, 7) is 0. The minimum atomic E-state index is 0.935. The second-order valence-corrected chi connectivity index (χ2v) is 3.11. The maximum atomic E-state index is 2.32. The molecule has 0 radical (unpaired) electrons. The molecule has 7 heavy (non-hydrogen) atoms. The molecule has 0 aliphatic carbocycles. The van der Waals surface area contributed by atoms with Gasteiger partial charge in [0.15, 0.2) is 0 Å². The van der Waals surface area contributed by atoms with Crippen LogP contribution in [0.25, 0.3) is 0 Å². The molecule has 0 spiro atoms. The molecule has 1 fully saturated rings. The first kappa shape index (κ1) is 5.45. The molecule has 2 heteroatoms. The van der Waals surface area contributed by atoms with Crippen LogP contribution in [0.2, 0.25) is 0 Å². The highest BCUT2D eigenvalue weighted by Crippen LogP contribution is 2.13. The molecule has 1 aliphatic rings. The fourth-order valence-electron chi connectivity index (χ4n) is 0.816. The topological polar surface area (TPSA) is 16.6 Å². The summed E-state index contributed by atoms with van der Waals surface area (Å²) in [7, 11) is 2.16. The molecule has 1 atom stereocenters. The summed E-state index contributed by atoms with van der Waals surface area (Å²) in [4.78, 5) is 0. The number of quaternary nitrogens is 1. The van der Waals surface area contributed by atoms with Crippen LogP contribution in [0.3, 0.4) is 0 Å². The van der Waals surface area contributed by atoms with E-state index >= 15 is 0 Å². The second kappa shape index (κ2) is 2.58. The van der Waals surface area contributed by atoms with E-state index in [1.54, 1.807) is 0 Å². The van der Waals surface area contributed by atoms with Gasteiger partial charge in [0, 0.05) is 12.2 Å². The predicted molar refractivity (Wildman–Crippen MR) is 33.6 cm³/mol. The molecular weight excluding hydrogens is 106 g/mol. The maximum absolute atomic E-state index is 2.32. The van der Waals surface area contributed by atoms with E-state index in [0.717, 1.165) is 6.04 Å². The SMILES string of the molecule is C[NH2+]C1CCSC1. The van der Waals surface area contributed by atoms with Crippen LogP contribution in [0.5, 0.6) is 0 Å². The lowest BCUT2D eigenvalue weighted by Gasteiger charge is -1.98. The first-order chi connectivity index (χ1) is 3.43. The van der Waals surface area contributed by atoms with Gasteiger partial charge in [-0.15, -0.1) is 0 Å². The lowest BCUT2D eigenvalue weighted by molar-refractivity contribution is -0.657. The number of rotatable bonds is 1. The first-order valence-corrected chi connectivity index (χ1v) is 3.96. The van der Waals surface area contributed by atoms with Crippen LogP contribution in [-0.2, 0) is 0 Å². The normalized spacial score (nSPS) is 31.3. The van der Waals surface area contributed by atoms with E-state index in [4.69, 9.17) is 0 Å². The van der Waals surface area contributed by atoms with Crippen LogP contribution in [0.4, 0.5) is 0 Å². The Balaban J connectivity index is 2.14. The quantitative estimate of drug-likeness (QED) is 0.499. The average Bonchev–Trinajstić information content (AvgIpc) is 2.14. The van der Waals surface area contributed by atoms with Gasteiger partial charge in [-0.3, -0.25) is 0 Å². The molecule has 1 nitrogen and oxygen atoms in total. The molecule has 0 bridgehead atoms. The lowest BCUT2D eigenvalue weighted by atomic mass is 10.3. The Labute approximate surface area is 48.9 Å². The molecule has 0 aromatic rings. The van der Waals surface area contributed by atoms with E-state index in [9.17, 15) is 0 Å². The van der Waals surface area contributed by atoms with E-state index in [1.807, 2.05) is 0 Å². The highest BCUT2D eigenvalue weighted by atomic mass is 32.2. The van der Waals surface area contributed by atoms with Gasteiger partial charge < -0.3 is 5.32 Å². The Kier molecular flexibility index (Phi) is 2.00. The van der Waals surface area contributed by atoms with Gasteiger partial charge in [-0.05, 0) is 5.75 Å². The molecule has 0 amide bonds. The van der Waals surface area contributed by atoms with Gasteiger partial charge in [0.2, 0.25) is 0 Å². The number of thioether (sulfide) groups is 1. The third-order valence-corrected chi connectivity index (χ3v) is 2.62. The van der Waals surface area contributed by atoms with Crippen LogP contribution >= 0.6 is 11.8 Å². The Hall–Kier alpha value is 0.310. The van der Waals surface area contributed by atoms with Crippen LogP contribution in [0.15, 0.2) is 0 Å². The molecule has 1 unspecified atom stereocenters. The summed E-state index contributed by atoms with van der Waals surface area (Å²) in [5, 5.41) is 2.32. The van der Waals surface area contributed by atoms with Crippen molar-refractivity contribution in [2.24, 2.45) is 0 Å². The van der Waals surface area contributed by atoms with Crippen molar-refractivity contribution in [3.8, 4) is 0 Å². The zero-order chi connectivity index (χ0) is 5.11. The van der Waals surface area contributed by atoms with Gasteiger partial charge >= 0.3 is 0 Å². The number of hydrogen-bond acceptors (Lipinski definition) is 1. The molecule has 0 aromatic heterocycles. The van der Waals surface area contributed by atoms with Crippen molar-refractivity contribution < 1.29 is 5.32 Å². The van der Waals surface area contributed by atoms with E-state index in [-0.39, 0.29) is 0 Å². The van der Waals surface area contributed by atoms with Crippen molar-refractivity contribution in [3.05, 3.63) is 0 Å². The summed E-state index contributed by atoms with van der Waals surface area (Å²) in [6, 6.07) is 0.935. The number of hydrogen-bond donors (Lipinski definition) is 1. The molecule has 2 N–H and O–H groups in total. The van der Waals surface area contributed by atoms with Gasteiger partial charge in [0.1, 0.15) is 0 Å². The van der Waals surface area contributed by atoms with Gasteiger partial charge in [-0.25, -0.2) is 0 Å². The minimum Gasteiger partial charge on any atom is -0.346 e. The summed E-state index contributed by atoms with van der Waals surface area (Å²) in [5.74, 6) is 2.76. The van der Waals surface area contributed by atoms with E-state index in [1.165, 1.54) is 17.9 Å². The molecular formula is C5H12NS+. The summed E-state index contributed by atoms with van der Waals surface area (Å²) in [5.41, 5.74) is 0. The third kappa shape index (κ3) is 1.35. The molecule has 1 heterocycles. The van der Waals surface area contributed by atoms with E-state index in [2.05, 4.69) is 24.1 Å². The molecule has 0 aromatic carbocycles. The van der Waals surface area contributed by atoms with Crippen LogP contribution in [-0.4, -0.2) is 24.6 Å². The Morgan fingerprint density at radius 1 is 1.71 bits per heavy atom.